The van der Waals surface area contributed by atoms with Crippen LogP contribution in [0.5, 0.6) is 11.5 Å². The van der Waals surface area contributed by atoms with Crippen LogP contribution in [-0.4, -0.2) is 0 Å². The summed E-state index contributed by atoms with van der Waals surface area (Å²) in [6.07, 6.45) is 0. The van der Waals surface area contributed by atoms with Crippen molar-refractivity contribution < 1.29 is 9.15 Å². The molecule has 10 aromatic rings. The van der Waals surface area contributed by atoms with E-state index in [-0.39, 0.29) is 0 Å². The van der Waals surface area contributed by atoms with Crippen molar-refractivity contribution in [1.82, 2.24) is 0 Å². The van der Waals surface area contributed by atoms with Gasteiger partial charge in [0.2, 0.25) is 0 Å². The molecule has 0 N–H and O–H groups in total. The molecule has 0 bridgehead atoms. The second-order valence-corrected chi connectivity index (χ2v) is 14.4. The van der Waals surface area contributed by atoms with Crippen LogP contribution in [0.2, 0.25) is 0 Å². The second-order valence-electron chi connectivity index (χ2n) is 14.4. The van der Waals surface area contributed by atoms with E-state index in [1.54, 1.807) is 0 Å². The molecule has 9 aromatic carbocycles. The molecule has 0 saturated carbocycles. The van der Waals surface area contributed by atoms with Crippen molar-refractivity contribution in [2.24, 2.45) is 0 Å². The molecule has 0 fully saturated rings. The van der Waals surface area contributed by atoms with Crippen molar-refractivity contribution in [3.8, 4) is 44.9 Å². The van der Waals surface area contributed by atoms with Gasteiger partial charge in [-0.05, 0) is 80.2 Å². The van der Waals surface area contributed by atoms with Crippen LogP contribution in [0, 0.1) is 0 Å². The molecular formula is C53H34O2. The quantitative estimate of drug-likeness (QED) is 0.178. The molecule has 0 radical (unpaired) electrons. The van der Waals surface area contributed by atoms with Gasteiger partial charge in [-0.15, -0.1) is 0 Å². The van der Waals surface area contributed by atoms with Gasteiger partial charge in [-0.3, -0.25) is 0 Å². The summed E-state index contributed by atoms with van der Waals surface area (Å²) in [7, 11) is 0. The number of rotatable bonds is 5. The summed E-state index contributed by atoms with van der Waals surface area (Å²) in [6, 6.07) is 73.7. The average Bonchev–Trinajstić information content (AvgIpc) is 3.66. The molecule has 1 aromatic heterocycles. The van der Waals surface area contributed by atoms with Crippen LogP contribution in [0.3, 0.4) is 0 Å². The predicted molar refractivity (Wildman–Crippen MR) is 226 cm³/mol. The maximum atomic E-state index is 6.77. The van der Waals surface area contributed by atoms with E-state index < -0.39 is 5.41 Å². The summed E-state index contributed by atoms with van der Waals surface area (Å²) in [5.74, 6) is 1.74. The fraction of sp³-hybridized carbons (Fsp3) is 0.0189. The Balaban J connectivity index is 0.982. The number of para-hydroxylation sites is 1. The Kier molecular flexibility index (Phi) is 7.11. The largest absolute Gasteiger partial charge is 0.457 e. The van der Waals surface area contributed by atoms with Gasteiger partial charge in [0.25, 0.3) is 0 Å². The van der Waals surface area contributed by atoms with Crippen molar-refractivity contribution in [1.29, 1.82) is 0 Å². The van der Waals surface area contributed by atoms with E-state index in [2.05, 4.69) is 206 Å². The van der Waals surface area contributed by atoms with Gasteiger partial charge in [-0.1, -0.05) is 176 Å². The zero-order valence-corrected chi connectivity index (χ0v) is 29.9. The molecule has 0 unspecified atom stereocenters. The zero-order valence-electron chi connectivity index (χ0n) is 29.9. The summed E-state index contributed by atoms with van der Waals surface area (Å²) in [6.45, 7) is 0. The molecule has 2 heterocycles. The lowest BCUT2D eigenvalue weighted by Gasteiger charge is -2.41. The van der Waals surface area contributed by atoms with Crippen molar-refractivity contribution in [2.75, 3.05) is 0 Å². The zero-order chi connectivity index (χ0) is 36.3. The highest BCUT2D eigenvalue weighted by molar-refractivity contribution is 6.19. The van der Waals surface area contributed by atoms with E-state index >= 15 is 0 Å². The Morgan fingerprint density at radius 1 is 0.364 bits per heavy atom. The minimum Gasteiger partial charge on any atom is -0.457 e. The van der Waals surface area contributed by atoms with E-state index in [1.165, 1.54) is 22.1 Å². The first-order valence-corrected chi connectivity index (χ1v) is 18.8. The number of fused-ring (bicyclic) bond motifs is 7. The van der Waals surface area contributed by atoms with Crippen LogP contribution in [0.1, 0.15) is 22.3 Å². The summed E-state index contributed by atoms with van der Waals surface area (Å²) in [5.41, 5.74) is 12.9. The van der Waals surface area contributed by atoms with Gasteiger partial charge in [0, 0.05) is 27.3 Å². The summed E-state index contributed by atoms with van der Waals surface area (Å²) in [5, 5.41) is 4.62. The Labute approximate surface area is 319 Å². The van der Waals surface area contributed by atoms with Crippen molar-refractivity contribution in [3.63, 3.8) is 0 Å². The predicted octanol–water partition coefficient (Wildman–Crippen LogP) is 14.2. The standard InChI is InChI=1S/C53H34O2/c1-3-16-41(17-4-1)53(42-18-5-2-6-19-42)46-22-9-10-23-48(46)54-50-34-40(30-32-47(50)53)39-15-11-14-38(33-39)35-25-27-37(28-26-35)43-21-12-24-49-51(43)45-31-29-36-13-7-8-20-44(36)52(45)55-49/h1-34H. The lowest BCUT2D eigenvalue weighted by molar-refractivity contribution is 0.435. The van der Waals surface area contributed by atoms with Crippen LogP contribution < -0.4 is 4.74 Å². The molecule has 2 nitrogen and oxygen atoms in total. The molecular weight excluding hydrogens is 669 g/mol. The molecule has 55 heavy (non-hydrogen) atoms. The Hall–Kier alpha value is -7.16. The highest BCUT2D eigenvalue weighted by Gasteiger charge is 2.45. The highest BCUT2D eigenvalue weighted by atomic mass is 16.5. The Morgan fingerprint density at radius 3 is 1.78 bits per heavy atom. The van der Waals surface area contributed by atoms with Crippen molar-refractivity contribution >= 4 is 32.7 Å². The molecule has 2 heteroatoms. The lowest BCUT2D eigenvalue weighted by atomic mass is 9.63. The molecule has 0 atom stereocenters. The monoisotopic (exact) mass is 702 g/mol. The highest BCUT2D eigenvalue weighted by Crippen LogP contribution is 2.55. The minimum absolute atomic E-state index is 0.532. The van der Waals surface area contributed by atoms with Gasteiger partial charge in [-0.25, -0.2) is 0 Å². The van der Waals surface area contributed by atoms with E-state index in [4.69, 9.17) is 9.15 Å². The van der Waals surface area contributed by atoms with Gasteiger partial charge >= 0.3 is 0 Å². The lowest BCUT2D eigenvalue weighted by Crippen LogP contribution is -2.34. The molecule has 0 aliphatic carbocycles. The Bertz CT molecular complexity index is 3010. The first kappa shape index (κ1) is 31.4. The maximum Gasteiger partial charge on any atom is 0.143 e. The molecule has 0 saturated heterocycles. The van der Waals surface area contributed by atoms with Crippen LogP contribution in [-0.2, 0) is 5.41 Å². The van der Waals surface area contributed by atoms with Gasteiger partial charge in [0.15, 0.2) is 0 Å². The summed E-state index contributed by atoms with van der Waals surface area (Å²) < 4.78 is 13.2. The average molecular weight is 703 g/mol. The van der Waals surface area contributed by atoms with Crippen molar-refractivity contribution in [2.45, 2.75) is 5.41 Å². The normalized spacial score (nSPS) is 13.0. The third kappa shape index (κ3) is 4.89. The number of hydrogen-bond donors (Lipinski definition) is 0. The van der Waals surface area contributed by atoms with E-state index in [9.17, 15) is 0 Å². The van der Waals surface area contributed by atoms with Crippen LogP contribution in [0.15, 0.2) is 211 Å². The SMILES string of the molecule is c1ccc(C2(c3ccccc3)c3ccccc3Oc3cc(-c4cccc(-c5ccc(-c6cccc7oc8c9ccccc9ccc8c67)cc5)c4)ccc32)cc1. The van der Waals surface area contributed by atoms with Gasteiger partial charge in [-0.2, -0.15) is 0 Å². The van der Waals surface area contributed by atoms with Gasteiger partial charge < -0.3 is 9.15 Å². The number of benzene rings is 9. The molecule has 1 aliphatic heterocycles. The fourth-order valence-corrected chi connectivity index (χ4v) is 8.91. The number of furan rings is 1. The number of hydrogen-bond acceptors (Lipinski definition) is 2. The maximum absolute atomic E-state index is 6.77. The van der Waals surface area contributed by atoms with Gasteiger partial charge in [0.05, 0.1) is 5.41 Å². The summed E-state index contributed by atoms with van der Waals surface area (Å²) >= 11 is 0. The smallest absolute Gasteiger partial charge is 0.143 e. The molecule has 11 rings (SSSR count). The van der Waals surface area contributed by atoms with Crippen LogP contribution in [0.4, 0.5) is 0 Å². The van der Waals surface area contributed by atoms with E-state index in [0.29, 0.717) is 0 Å². The van der Waals surface area contributed by atoms with Gasteiger partial charge in [0.1, 0.15) is 22.7 Å². The minimum atomic E-state index is -0.532. The topological polar surface area (TPSA) is 22.4 Å². The summed E-state index contributed by atoms with van der Waals surface area (Å²) in [4.78, 5) is 0. The van der Waals surface area contributed by atoms with Crippen LogP contribution >= 0.6 is 0 Å². The molecule has 1 aliphatic rings. The fourth-order valence-electron chi connectivity index (χ4n) is 8.91. The second kappa shape index (κ2) is 12.5. The third-order valence-corrected chi connectivity index (χ3v) is 11.4. The first-order valence-electron chi connectivity index (χ1n) is 18.8. The van der Waals surface area contributed by atoms with Crippen molar-refractivity contribution in [3.05, 3.63) is 229 Å². The Morgan fingerprint density at radius 2 is 0.982 bits per heavy atom. The molecule has 0 amide bonds. The first-order chi connectivity index (χ1) is 27.3. The third-order valence-electron chi connectivity index (χ3n) is 11.4. The molecule has 0 spiro atoms. The van der Waals surface area contributed by atoms with Crippen LogP contribution in [0.25, 0.3) is 66.1 Å². The molecule has 258 valence electrons. The van der Waals surface area contributed by atoms with E-state index in [1.807, 2.05) is 0 Å². The van der Waals surface area contributed by atoms with E-state index in [0.717, 1.165) is 77.8 Å². The number of ether oxygens (including phenoxy) is 1.